The van der Waals surface area contributed by atoms with E-state index in [1.807, 2.05) is 0 Å². The SMILES string of the molecule is O=C(O)c1ccc(O)c(NS(=O)(=O)c2cccc(Cl)c2)c1. The highest BCUT2D eigenvalue weighted by atomic mass is 35.5. The predicted molar refractivity (Wildman–Crippen MR) is 77.3 cm³/mol. The summed E-state index contributed by atoms with van der Waals surface area (Å²) in [6.07, 6.45) is 0. The number of rotatable bonds is 4. The Hall–Kier alpha value is -2.25. The van der Waals surface area contributed by atoms with Gasteiger partial charge in [-0.1, -0.05) is 17.7 Å². The summed E-state index contributed by atoms with van der Waals surface area (Å²) >= 11 is 5.73. The number of nitrogens with one attached hydrogen (secondary N) is 1. The molecule has 0 amide bonds. The van der Waals surface area contributed by atoms with Gasteiger partial charge in [-0.15, -0.1) is 0 Å². The summed E-state index contributed by atoms with van der Waals surface area (Å²) < 4.78 is 26.4. The lowest BCUT2D eigenvalue weighted by Crippen LogP contribution is -2.13. The van der Waals surface area contributed by atoms with Gasteiger partial charge in [-0.25, -0.2) is 13.2 Å². The number of aromatic hydroxyl groups is 1. The lowest BCUT2D eigenvalue weighted by atomic mass is 10.2. The van der Waals surface area contributed by atoms with Gasteiger partial charge in [0.15, 0.2) is 0 Å². The quantitative estimate of drug-likeness (QED) is 0.749. The summed E-state index contributed by atoms with van der Waals surface area (Å²) in [6, 6.07) is 8.83. The van der Waals surface area contributed by atoms with E-state index in [1.54, 1.807) is 0 Å². The van der Waals surface area contributed by atoms with Crippen LogP contribution in [-0.4, -0.2) is 24.6 Å². The molecule has 0 radical (unpaired) electrons. The first-order valence-electron chi connectivity index (χ1n) is 5.64. The van der Waals surface area contributed by atoms with E-state index in [4.69, 9.17) is 16.7 Å². The maximum Gasteiger partial charge on any atom is 0.335 e. The monoisotopic (exact) mass is 327 g/mol. The van der Waals surface area contributed by atoms with Crippen LogP contribution in [-0.2, 0) is 10.0 Å². The van der Waals surface area contributed by atoms with Crippen LogP contribution < -0.4 is 4.72 Å². The molecule has 0 aliphatic rings. The van der Waals surface area contributed by atoms with Gasteiger partial charge in [0.05, 0.1) is 16.1 Å². The van der Waals surface area contributed by atoms with E-state index >= 15 is 0 Å². The molecule has 0 bridgehead atoms. The topological polar surface area (TPSA) is 104 Å². The molecule has 0 aliphatic heterocycles. The molecule has 0 heterocycles. The molecule has 110 valence electrons. The number of sulfonamides is 1. The molecule has 6 nitrogen and oxygen atoms in total. The number of carboxylic acids is 1. The number of halogens is 1. The van der Waals surface area contributed by atoms with Crippen molar-refractivity contribution in [3.05, 3.63) is 53.1 Å². The van der Waals surface area contributed by atoms with Crippen LogP contribution in [0.4, 0.5) is 5.69 Å². The van der Waals surface area contributed by atoms with Crippen LogP contribution in [0.25, 0.3) is 0 Å². The Balaban J connectivity index is 2.41. The number of benzene rings is 2. The van der Waals surface area contributed by atoms with Crippen LogP contribution >= 0.6 is 11.6 Å². The number of aromatic carboxylic acids is 1. The molecule has 0 saturated heterocycles. The highest BCUT2D eigenvalue weighted by Crippen LogP contribution is 2.27. The third-order valence-corrected chi connectivity index (χ3v) is 4.19. The Bertz CT molecular complexity index is 804. The summed E-state index contributed by atoms with van der Waals surface area (Å²) in [4.78, 5) is 10.8. The van der Waals surface area contributed by atoms with Crippen molar-refractivity contribution in [1.29, 1.82) is 0 Å². The maximum atomic E-state index is 12.2. The molecule has 2 rings (SSSR count). The van der Waals surface area contributed by atoms with Crippen LogP contribution in [0, 0.1) is 0 Å². The molecule has 2 aromatic rings. The smallest absolute Gasteiger partial charge is 0.335 e. The summed E-state index contributed by atoms with van der Waals surface area (Å²) in [6.45, 7) is 0. The van der Waals surface area contributed by atoms with Gasteiger partial charge in [0.1, 0.15) is 5.75 Å². The van der Waals surface area contributed by atoms with E-state index in [-0.39, 0.29) is 26.9 Å². The van der Waals surface area contributed by atoms with Gasteiger partial charge in [-0.3, -0.25) is 4.72 Å². The maximum absolute atomic E-state index is 12.2. The minimum atomic E-state index is -3.99. The van der Waals surface area contributed by atoms with Crippen molar-refractivity contribution in [2.75, 3.05) is 4.72 Å². The number of carbonyl (C=O) groups is 1. The number of hydrogen-bond acceptors (Lipinski definition) is 4. The number of carboxylic acid groups (broad SMARTS) is 1. The number of anilines is 1. The van der Waals surface area contributed by atoms with E-state index in [9.17, 15) is 18.3 Å². The van der Waals surface area contributed by atoms with Gasteiger partial charge in [0, 0.05) is 5.02 Å². The van der Waals surface area contributed by atoms with Crippen LogP contribution in [0.15, 0.2) is 47.4 Å². The van der Waals surface area contributed by atoms with Crippen LogP contribution in [0.1, 0.15) is 10.4 Å². The van der Waals surface area contributed by atoms with Crippen LogP contribution in [0.2, 0.25) is 5.02 Å². The molecule has 0 atom stereocenters. The molecule has 21 heavy (non-hydrogen) atoms. The average Bonchev–Trinajstić information content (AvgIpc) is 2.41. The molecule has 8 heteroatoms. The normalized spacial score (nSPS) is 11.1. The zero-order valence-electron chi connectivity index (χ0n) is 10.4. The third kappa shape index (κ3) is 3.45. The second-order valence-electron chi connectivity index (χ2n) is 4.10. The summed E-state index contributed by atoms with van der Waals surface area (Å²) in [7, 11) is -3.99. The van der Waals surface area contributed by atoms with Crippen molar-refractivity contribution in [3.63, 3.8) is 0 Å². The summed E-state index contributed by atoms with van der Waals surface area (Å²) in [5.41, 5.74) is -0.383. The zero-order chi connectivity index (χ0) is 15.6. The first kappa shape index (κ1) is 15.1. The lowest BCUT2D eigenvalue weighted by molar-refractivity contribution is 0.0697. The first-order chi connectivity index (χ1) is 9.79. The largest absolute Gasteiger partial charge is 0.506 e. The van der Waals surface area contributed by atoms with Gasteiger partial charge in [0.25, 0.3) is 10.0 Å². The Labute approximate surface area is 125 Å². The second-order valence-corrected chi connectivity index (χ2v) is 6.22. The zero-order valence-corrected chi connectivity index (χ0v) is 12.0. The van der Waals surface area contributed by atoms with Crippen LogP contribution in [0.3, 0.4) is 0 Å². The lowest BCUT2D eigenvalue weighted by Gasteiger charge is -2.10. The molecular weight excluding hydrogens is 318 g/mol. The number of phenols is 1. The van der Waals surface area contributed by atoms with Gasteiger partial charge >= 0.3 is 5.97 Å². The molecule has 3 N–H and O–H groups in total. The van der Waals surface area contributed by atoms with E-state index < -0.39 is 16.0 Å². The van der Waals surface area contributed by atoms with Gasteiger partial charge in [-0.05, 0) is 36.4 Å². The summed E-state index contributed by atoms with van der Waals surface area (Å²) in [5, 5.41) is 18.7. The van der Waals surface area contributed by atoms with E-state index in [0.717, 1.165) is 18.2 Å². The first-order valence-corrected chi connectivity index (χ1v) is 7.50. The van der Waals surface area contributed by atoms with Crippen molar-refractivity contribution < 1.29 is 23.4 Å². The molecule has 0 fully saturated rings. The fourth-order valence-corrected chi connectivity index (χ4v) is 2.95. The Morgan fingerprint density at radius 2 is 1.86 bits per heavy atom. The van der Waals surface area contributed by atoms with E-state index in [2.05, 4.69) is 4.72 Å². The van der Waals surface area contributed by atoms with E-state index in [1.165, 1.54) is 24.3 Å². The van der Waals surface area contributed by atoms with E-state index in [0.29, 0.717) is 0 Å². The molecule has 0 spiro atoms. The fourth-order valence-electron chi connectivity index (χ4n) is 1.59. The molecule has 0 aliphatic carbocycles. The molecule has 2 aromatic carbocycles. The minimum Gasteiger partial charge on any atom is -0.506 e. The van der Waals surface area contributed by atoms with Gasteiger partial charge in [0.2, 0.25) is 0 Å². The van der Waals surface area contributed by atoms with Crippen molar-refractivity contribution in [1.82, 2.24) is 0 Å². The summed E-state index contributed by atoms with van der Waals surface area (Å²) in [5.74, 6) is -1.62. The van der Waals surface area contributed by atoms with Gasteiger partial charge in [-0.2, -0.15) is 0 Å². The molecule has 0 saturated carbocycles. The van der Waals surface area contributed by atoms with Gasteiger partial charge < -0.3 is 10.2 Å². The van der Waals surface area contributed by atoms with Crippen molar-refractivity contribution in [2.45, 2.75) is 4.90 Å². The minimum absolute atomic E-state index is 0.102. The van der Waals surface area contributed by atoms with Crippen molar-refractivity contribution >= 4 is 33.3 Å². The average molecular weight is 328 g/mol. The Morgan fingerprint density at radius 3 is 2.48 bits per heavy atom. The highest BCUT2D eigenvalue weighted by Gasteiger charge is 2.17. The molecule has 0 unspecified atom stereocenters. The number of phenolic OH excluding ortho intramolecular Hbond substituents is 1. The predicted octanol–water partition coefficient (Wildman–Crippen LogP) is 2.54. The second kappa shape index (κ2) is 5.63. The fraction of sp³-hybridized carbons (Fsp3) is 0. The molecule has 0 aromatic heterocycles. The Morgan fingerprint density at radius 1 is 1.14 bits per heavy atom. The standard InChI is InChI=1S/C13H10ClNO5S/c14-9-2-1-3-10(7-9)21(19,20)15-11-6-8(13(17)18)4-5-12(11)16/h1-7,15-16H,(H,17,18). The highest BCUT2D eigenvalue weighted by molar-refractivity contribution is 7.92. The Kier molecular flexibility index (Phi) is 4.06. The third-order valence-electron chi connectivity index (χ3n) is 2.59. The van der Waals surface area contributed by atoms with Crippen LogP contribution in [0.5, 0.6) is 5.75 Å². The van der Waals surface area contributed by atoms with Crippen molar-refractivity contribution in [2.24, 2.45) is 0 Å². The number of hydrogen-bond donors (Lipinski definition) is 3. The molecular formula is C13H10ClNO5S. The van der Waals surface area contributed by atoms with Crippen molar-refractivity contribution in [3.8, 4) is 5.75 Å².